The fourth-order valence-electron chi connectivity index (χ4n) is 3.10. The molecular formula is C19H23N5O. The first-order valence-corrected chi connectivity index (χ1v) is 8.56. The number of carbonyl (C=O) groups excluding carboxylic acids is 1. The van der Waals surface area contributed by atoms with Gasteiger partial charge in [0.25, 0.3) is 0 Å². The van der Waals surface area contributed by atoms with E-state index in [2.05, 4.69) is 26.8 Å². The van der Waals surface area contributed by atoms with E-state index in [9.17, 15) is 4.79 Å². The molecule has 6 heteroatoms. The molecule has 1 amide bonds. The van der Waals surface area contributed by atoms with E-state index in [1.165, 1.54) is 6.08 Å². The predicted molar refractivity (Wildman–Crippen MR) is 97.5 cm³/mol. The van der Waals surface area contributed by atoms with Crippen molar-refractivity contribution in [3.8, 4) is 0 Å². The van der Waals surface area contributed by atoms with E-state index in [0.29, 0.717) is 5.92 Å². The first-order valence-electron chi connectivity index (χ1n) is 8.56. The summed E-state index contributed by atoms with van der Waals surface area (Å²) in [5.41, 5.74) is 2.08. The SMILES string of the molecule is C=CC(=O)N1CCC(Cc2cc(Nc3ncccc3C)ncn2)CC1. The number of aryl methyl sites for hydroxylation is 1. The van der Waals surface area contributed by atoms with Crippen LogP contribution in [0.3, 0.4) is 0 Å². The number of nitrogens with zero attached hydrogens (tertiary/aromatic N) is 4. The quantitative estimate of drug-likeness (QED) is 0.850. The average Bonchev–Trinajstić information content (AvgIpc) is 2.64. The van der Waals surface area contributed by atoms with Crippen molar-refractivity contribution in [1.82, 2.24) is 19.9 Å². The molecule has 0 spiro atoms. The van der Waals surface area contributed by atoms with Crippen molar-refractivity contribution in [2.75, 3.05) is 18.4 Å². The van der Waals surface area contributed by atoms with E-state index in [1.54, 1.807) is 12.5 Å². The molecule has 0 radical (unpaired) electrons. The summed E-state index contributed by atoms with van der Waals surface area (Å²) < 4.78 is 0. The Labute approximate surface area is 148 Å². The summed E-state index contributed by atoms with van der Waals surface area (Å²) in [4.78, 5) is 26.5. The van der Waals surface area contributed by atoms with Gasteiger partial charge in [-0.3, -0.25) is 4.79 Å². The molecule has 2 aromatic heterocycles. The lowest BCUT2D eigenvalue weighted by molar-refractivity contribution is -0.127. The smallest absolute Gasteiger partial charge is 0.245 e. The predicted octanol–water partition coefficient (Wildman–Crippen LogP) is 2.89. The summed E-state index contributed by atoms with van der Waals surface area (Å²) in [5, 5.41) is 3.25. The second-order valence-electron chi connectivity index (χ2n) is 6.37. The molecule has 1 fully saturated rings. The molecule has 1 saturated heterocycles. The van der Waals surface area contributed by atoms with E-state index in [0.717, 1.165) is 55.2 Å². The Bertz CT molecular complexity index is 753. The van der Waals surface area contributed by atoms with Crippen molar-refractivity contribution in [1.29, 1.82) is 0 Å². The van der Waals surface area contributed by atoms with Gasteiger partial charge in [-0.2, -0.15) is 0 Å². The summed E-state index contributed by atoms with van der Waals surface area (Å²) in [7, 11) is 0. The summed E-state index contributed by atoms with van der Waals surface area (Å²) in [5.74, 6) is 2.13. The van der Waals surface area contributed by atoms with Gasteiger partial charge in [0.15, 0.2) is 0 Å². The maximum absolute atomic E-state index is 11.7. The normalized spacial score (nSPS) is 15.0. The third kappa shape index (κ3) is 4.41. The monoisotopic (exact) mass is 337 g/mol. The number of aromatic nitrogens is 3. The van der Waals surface area contributed by atoms with Gasteiger partial charge in [0.2, 0.25) is 5.91 Å². The van der Waals surface area contributed by atoms with Gasteiger partial charge in [0.1, 0.15) is 18.0 Å². The minimum absolute atomic E-state index is 0.0257. The molecule has 2 aromatic rings. The molecule has 0 bridgehead atoms. The van der Waals surface area contributed by atoms with Crippen LogP contribution in [0.25, 0.3) is 0 Å². The number of hydrogen-bond donors (Lipinski definition) is 1. The fraction of sp³-hybridized carbons (Fsp3) is 0.368. The maximum atomic E-state index is 11.7. The molecule has 130 valence electrons. The first-order chi connectivity index (χ1) is 12.2. The lowest BCUT2D eigenvalue weighted by Gasteiger charge is -2.31. The van der Waals surface area contributed by atoms with Crippen LogP contribution in [0, 0.1) is 12.8 Å². The van der Waals surface area contributed by atoms with Crippen molar-refractivity contribution in [2.45, 2.75) is 26.2 Å². The molecule has 25 heavy (non-hydrogen) atoms. The minimum atomic E-state index is 0.0257. The highest BCUT2D eigenvalue weighted by Crippen LogP contribution is 2.22. The van der Waals surface area contributed by atoms with Crippen LogP contribution in [0.15, 0.2) is 43.4 Å². The van der Waals surface area contributed by atoms with Crippen LogP contribution in [-0.4, -0.2) is 38.8 Å². The number of anilines is 2. The highest BCUT2D eigenvalue weighted by molar-refractivity contribution is 5.87. The highest BCUT2D eigenvalue weighted by atomic mass is 16.2. The van der Waals surface area contributed by atoms with Crippen LogP contribution in [0.1, 0.15) is 24.1 Å². The van der Waals surface area contributed by atoms with Crippen LogP contribution in [0.4, 0.5) is 11.6 Å². The van der Waals surface area contributed by atoms with Crippen LogP contribution in [0.5, 0.6) is 0 Å². The second kappa shape index (κ2) is 7.88. The largest absolute Gasteiger partial charge is 0.339 e. The van der Waals surface area contributed by atoms with Gasteiger partial charge in [-0.25, -0.2) is 15.0 Å². The number of carbonyl (C=O) groups is 1. The van der Waals surface area contributed by atoms with Crippen LogP contribution >= 0.6 is 0 Å². The van der Waals surface area contributed by atoms with E-state index in [1.807, 2.05) is 30.0 Å². The number of rotatable bonds is 5. The highest BCUT2D eigenvalue weighted by Gasteiger charge is 2.22. The Kier molecular flexibility index (Phi) is 5.38. The van der Waals surface area contributed by atoms with Gasteiger partial charge in [-0.15, -0.1) is 0 Å². The number of hydrogen-bond acceptors (Lipinski definition) is 5. The topological polar surface area (TPSA) is 71.0 Å². The van der Waals surface area contributed by atoms with Crippen molar-refractivity contribution in [3.05, 3.63) is 54.6 Å². The second-order valence-corrected chi connectivity index (χ2v) is 6.37. The Morgan fingerprint density at radius 1 is 1.36 bits per heavy atom. The molecule has 0 unspecified atom stereocenters. The van der Waals surface area contributed by atoms with Gasteiger partial charge in [0, 0.05) is 31.0 Å². The van der Waals surface area contributed by atoms with E-state index in [-0.39, 0.29) is 5.91 Å². The summed E-state index contributed by atoms with van der Waals surface area (Å²) >= 11 is 0. The Balaban J connectivity index is 1.60. The Hall–Kier alpha value is -2.76. The minimum Gasteiger partial charge on any atom is -0.339 e. The van der Waals surface area contributed by atoms with Crippen molar-refractivity contribution >= 4 is 17.5 Å². The summed E-state index contributed by atoms with van der Waals surface area (Å²) in [6, 6.07) is 5.90. The molecule has 3 heterocycles. The number of piperidine rings is 1. The van der Waals surface area contributed by atoms with Crippen molar-refractivity contribution in [3.63, 3.8) is 0 Å². The number of pyridine rings is 1. The lowest BCUT2D eigenvalue weighted by atomic mass is 9.92. The molecule has 1 aliphatic rings. The summed E-state index contributed by atoms with van der Waals surface area (Å²) in [6.07, 6.45) is 7.62. The molecule has 6 nitrogen and oxygen atoms in total. The molecule has 0 aromatic carbocycles. The van der Waals surface area contributed by atoms with Crippen LogP contribution in [-0.2, 0) is 11.2 Å². The van der Waals surface area contributed by atoms with E-state index >= 15 is 0 Å². The van der Waals surface area contributed by atoms with Crippen LogP contribution < -0.4 is 5.32 Å². The van der Waals surface area contributed by atoms with E-state index in [4.69, 9.17) is 0 Å². The average molecular weight is 337 g/mol. The molecule has 3 rings (SSSR count). The van der Waals surface area contributed by atoms with Gasteiger partial charge in [0.05, 0.1) is 0 Å². The molecule has 1 aliphatic heterocycles. The third-order valence-electron chi connectivity index (χ3n) is 4.58. The lowest BCUT2D eigenvalue weighted by Crippen LogP contribution is -2.37. The zero-order valence-electron chi connectivity index (χ0n) is 14.5. The van der Waals surface area contributed by atoms with Gasteiger partial charge in [-0.05, 0) is 49.8 Å². The summed E-state index contributed by atoms with van der Waals surface area (Å²) in [6.45, 7) is 7.14. The van der Waals surface area contributed by atoms with Gasteiger partial charge < -0.3 is 10.2 Å². The Morgan fingerprint density at radius 3 is 2.88 bits per heavy atom. The zero-order chi connectivity index (χ0) is 17.6. The van der Waals surface area contributed by atoms with Crippen molar-refractivity contribution < 1.29 is 4.79 Å². The fourth-order valence-corrected chi connectivity index (χ4v) is 3.10. The standard InChI is InChI=1S/C19H23N5O/c1-3-18(25)24-9-6-15(7-10-24)11-16-12-17(22-13-21-16)23-19-14(2)5-4-8-20-19/h3-5,8,12-13,15H,1,6-7,9-11H2,2H3,(H,20,21,22,23). The van der Waals surface area contributed by atoms with Crippen LogP contribution in [0.2, 0.25) is 0 Å². The first kappa shape index (κ1) is 17.1. The van der Waals surface area contributed by atoms with E-state index < -0.39 is 0 Å². The van der Waals surface area contributed by atoms with Gasteiger partial charge >= 0.3 is 0 Å². The Morgan fingerprint density at radius 2 is 2.16 bits per heavy atom. The molecule has 1 N–H and O–H groups in total. The number of nitrogens with one attached hydrogen (secondary N) is 1. The molecule has 0 aliphatic carbocycles. The number of likely N-dealkylation sites (tertiary alicyclic amines) is 1. The number of amides is 1. The molecule has 0 saturated carbocycles. The third-order valence-corrected chi connectivity index (χ3v) is 4.58. The van der Waals surface area contributed by atoms with Crippen molar-refractivity contribution in [2.24, 2.45) is 5.92 Å². The van der Waals surface area contributed by atoms with Gasteiger partial charge in [-0.1, -0.05) is 12.6 Å². The maximum Gasteiger partial charge on any atom is 0.245 e. The molecular weight excluding hydrogens is 314 g/mol. The zero-order valence-corrected chi connectivity index (χ0v) is 14.5. The molecule has 0 atom stereocenters.